The lowest BCUT2D eigenvalue weighted by Crippen LogP contribution is -2.44. The summed E-state index contributed by atoms with van der Waals surface area (Å²) in [6.07, 6.45) is 3.96. The monoisotopic (exact) mass is 293 g/mol. The summed E-state index contributed by atoms with van der Waals surface area (Å²) in [4.78, 5) is 23.7. The number of halogens is 1. The van der Waals surface area contributed by atoms with Crippen molar-refractivity contribution in [3.8, 4) is 0 Å². The van der Waals surface area contributed by atoms with Crippen LogP contribution in [0.2, 0.25) is 0 Å². The summed E-state index contributed by atoms with van der Waals surface area (Å²) in [5.74, 6) is -1.59. The number of carbonyl (C=O) groups excluding carboxylic acids is 1. The van der Waals surface area contributed by atoms with Gasteiger partial charge in [0.25, 0.3) is 5.91 Å². The van der Waals surface area contributed by atoms with Gasteiger partial charge in [-0.3, -0.25) is 9.59 Å². The second-order valence-corrected chi connectivity index (χ2v) is 5.79. The Kier molecular flexibility index (Phi) is 4.60. The normalized spacial score (nSPS) is 17.2. The van der Waals surface area contributed by atoms with E-state index in [9.17, 15) is 19.1 Å². The maximum Gasteiger partial charge on any atom is 0.311 e. The molecule has 0 saturated heterocycles. The van der Waals surface area contributed by atoms with Gasteiger partial charge in [-0.2, -0.15) is 0 Å². The first-order valence-electron chi connectivity index (χ1n) is 7.22. The molecule has 0 radical (unpaired) electrons. The molecule has 1 aliphatic carbocycles. The highest BCUT2D eigenvalue weighted by atomic mass is 19.1. The molecule has 2 N–H and O–H groups in total. The summed E-state index contributed by atoms with van der Waals surface area (Å²) in [5, 5.41) is 12.2. The molecule has 1 aliphatic rings. The van der Waals surface area contributed by atoms with Gasteiger partial charge in [-0.1, -0.05) is 19.3 Å². The van der Waals surface area contributed by atoms with Gasteiger partial charge in [0.1, 0.15) is 5.82 Å². The topological polar surface area (TPSA) is 66.4 Å². The van der Waals surface area contributed by atoms with E-state index in [0.29, 0.717) is 24.0 Å². The van der Waals surface area contributed by atoms with Gasteiger partial charge in [0, 0.05) is 12.1 Å². The molecule has 0 spiro atoms. The fourth-order valence-corrected chi connectivity index (χ4v) is 2.92. The third kappa shape index (κ3) is 3.40. The highest BCUT2D eigenvalue weighted by Gasteiger charge is 2.39. The zero-order valence-corrected chi connectivity index (χ0v) is 12.1. The van der Waals surface area contributed by atoms with Crippen LogP contribution in [-0.2, 0) is 4.79 Å². The Morgan fingerprint density at radius 1 is 1.29 bits per heavy atom. The van der Waals surface area contributed by atoms with Crippen LogP contribution in [0.5, 0.6) is 0 Å². The molecule has 1 saturated carbocycles. The maximum atomic E-state index is 13.0. The van der Waals surface area contributed by atoms with E-state index in [0.717, 1.165) is 19.3 Å². The molecule has 5 heteroatoms. The minimum absolute atomic E-state index is 0.123. The van der Waals surface area contributed by atoms with Crippen LogP contribution in [0, 0.1) is 18.2 Å². The standard InChI is InChI=1S/C16H20FNO3/c1-11-9-12(17)5-6-13(11)14(19)18-10-16(15(20)21)7-3-2-4-8-16/h5-6,9H,2-4,7-8,10H2,1H3,(H,18,19)(H,20,21). The summed E-state index contributed by atoms with van der Waals surface area (Å²) in [5.41, 5.74) is 0.0650. The number of amides is 1. The Balaban J connectivity index is 2.07. The SMILES string of the molecule is Cc1cc(F)ccc1C(=O)NCC1(C(=O)O)CCCCC1. The fraction of sp³-hybridized carbons (Fsp3) is 0.500. The van der Waals surface area contributed by atoms with Gasteiger partial charge in [-0.25, -0.2) is 4.39 Å². The molecule has 0 heterocycles. The third-order valence-electron chi connectivity index (χ3n) is 4.28. The average Bonchev–Trinajstić information content (AvgIpc) is 2.45. The van der Waals surface area contributed by atoms with Gasteiger partial charge < -0.3 is 10.4 Å². The highest BCUT2D eigenvalue weighted by molar-refractivity contribution is 5.95. The molecule has 1 amide bonds. The van der Waals surface area contributed by atoms with Gasteiger partial charge in [0.2, 0.25) is 0 Å². The van der Waals surface area contributed by atoms with Crippen LogP contribution in [-0.4, -0.2) is 23.5 Å². The van der Waals surface area contributed by atoms with Crippen molar-refractivity contribution in [1.29, 1.82) is 0 Å². The summed E-state index contributed by atoms with van der Waals surface area (Å²) in [6.45, 7) is 1.78. The summed E-state index contributed by atoms with van der Waals surface area (Å²) in [7, 11) is 0. The number of carboxylic acid groups (broad SMARTS) is 1. The van der Waals surface area contributed by atoms with Crippen molar-refractivity contribution in [2.45, 2.75) is 39.0 Å². The number of nitrogens with one attached hydrogen (secondary N) is 1. The van der Waals surface area contributed by atoms with E-state index in [1.165, 1.54) is 18.2 Å². The number of carboxylic acids is 1. The largest absolute Gasteiger partial charge is 0.481 e. The van der Waals surface area contributed by atoms with Crippen LogP contribution in [0.4, 0.5) is 4.39 Å². The lowest BCUT2D eigenvalue weighted by Gasteiger charge is -2.33. The number of benzene rings is 1. The van der Waals surface area contributed by atoms with Crippen LogP contribution >= 0.6 is 0 Å². The van der Waals surface area contributed by atoms with Crippen LogP contribution in [0.1, 0.15) is 48.0 Å². The average molecular weight is 293 g/mol. The van der Waals surface area contributed by atoms with Crippen molar-refractivity contribution in [3.63, 3.8) is 0 Å². The number of rotatable bonds is 4. The Morgan fingerprint density at radius 2 is 1.95 bits per heavy atom. The lowest BCUT2D eigenvalue weighted by atomic mass is 9.74. The number of aliphatic carboxylic acids is 1. The number of carbonyl (C=O) groups is 2. The second kappa shape index (κ2) is 6.24. The fourth-order valence-electron chi connectivity index (χ4n) is 2.92. The Bertz CT molecular complexity index is 550. The summed E-state index contributed by atoms with van der Waals surface area (Å²) < 4.78 is 13.0. The lowest BCUT2D eigenvalue weighted by molar-refractivity contribution is -0.150. The van der Waals surface area contributed by atoms with Crippen molar-refractivity contribution in [2.75, 3.05) is 6.54 Å². The second-order valence-electron chi connectivity index (χ2n) is 5.79. The summed E-state index contributed by atoms with van der Waals surface area (Å²) >= 11 is 0. The third-order valence-corrected chi connectivity index (χ3v) is 4.28. The van der Waals surface area contributed by atoms with E-state index in [4.69, 9.17) is 0 Å². The molecule has 4 nitrogen and oxygen atoms in total. The predicted octanol–water partition coefficient (Wildman–Crippen LogP) is 2.90. The van der Waals surface area contributed by atoms with Crippen molar-refractivity contribution in [1.82, 2.24) is 5.32 Å². The molecule has 1 aromatic carbocycles. The van der Waals surface area contributed by atoms with Crippen molar-refractivity contribution >= 4 is 11.9 Å². The maximum absolute atomic E-state index is 13.0. The Labute approximate surface area is 123 Å². The minimum Gasteiger partial charge on any atom is -0.481 e. The zero-order valence-electron chi connectivity index (χ0n) is 12.1. The predicted molar refractivity (Wildman–Crippen MR) is 76.6 cm³/mol. The molecular formula is C16H20FNO3. The molecule has 1 aromatic rings. The zero-order chi connectivity index (χ0) is 15.5. The molecule has 1 fully saturated rings. The van der Waals surface area contributed by atoms with Gasteiger partial charge >= 0.3 is 5.97 Å². The van der Waals surface area contributed by atoms with Crippen LogP contribution in [0.15, 0.2) is 18.2 Å². The quantitative estimate of drug-likeness (QED) is 0.897. The Hall–Kier alpha value is -1.91. The smallest absolute Gasteiger partial charge is 0.311 e. The molecule has 0 atom stereocenters. The van der Waals surface area contributed by atoms with Crippen LogP contribution in [0.3, 0.4) is 0 Å². The highest BCUT2D eigenvalue weighted by Crippen LogP contribution is 2.36. The molecule has 0 aromatic heterocycles. The van der Waals surface area contributed by atoms with Gasteiger partial charge in [0.05, 0.1) is 5.41 Å². The minimum atomic E-state index is -0.859. The number of aryl methyl sites for hydroxylation is 1. The molecule has 0 unspecified atom stereocenters. The van der Waals surface area contributed by atoms with E-state index >= 15 is 0 Å². The molecule has 2 rings (SSSR count). The number of hydrogen-bond donors (Lipinski definition) is 2. The first-order chi connectivity index (χ1) is 9.94. The van der Waals surface area contributed by atoms with Crippen molar-refractivity contribution < 1.29 is 19.1 Å². The van der Waals surface area contributed by atoms with E-state index < -0.39 is 17.2 Å². The van der Waals surface area contributed by atoms with E-state index in [1.54, 1.807) is 6.92 Å². The van der Waals surface area contributed by atoms with E-state index in [2.05, 4.69) is 5.32 Å². The molecule has 21 heavy (non-hydrogen) atoms. The summed E-state index contributed by atoms with van der Waals surface area (Å²) in [6, 6.07) is 3.95. The molecule has 114 valence electrons. The molecule has 0 bridgehead atoms. The molecular weight excluding hydrogens is 273 g/mol. The Morgan fingerprint density at radius 3 is 2.52 bits per heavy atom. The van der Waals surface area contributed by atoms with E-state index in [1.807, 2.05) is 0 Å². The number of hydrogen-bond acceptors (Lipinski definition) is 2. The van der Waals surface area contributed by atoms with Gasteiger partial charge in [0.15, 0.2) is 0 Å². The van der Waals surface area contributed by atoms with E-state index in [-0.39, 0.29) is 12.5 Å². The van der Waals surface area contributed by atoms with Gasteiger partial charge in [-0.15, -0.1) is 0 Å². The van der Waals surface area contributed by atoms with Crippen molar-refractivity contribution in [2.24, 2.45) is 5.41 Å². The first kappa shape index (κ1) is 15.5. The van der Waals surface area contributed by atoms with Crippen LogP contribution in [0.25, 0.3) is 0 Å². The van der Waals surface area contributed by atoms with Crippen LogP contribution < -0.4 is 5.32 Å². The molecule has 0 aliphatic heterocycles. The first-order valence-corrected chi connectivity index (χ1v) is 7.22. The van der Waals surface area contributed by atoms with Gasteiger partial charge in [-0.05, 0) is 43.5 Å². The van der Waals surface area contributed by atoms with Crippen molar-refractivity contribution in [3.05, 3.63) is 35.1 Å².